The van der Waals surface area contributed by atoms with Crippen LogP contribution in [0.4, 0.5) is 5.69 Å². The van der Waals surface area contributed by atoms with Crippen LogP contribution in [0.25, 0.3) is 0 Å². The van der Waals surface area contributed by atoms with Crippen LogP contribution in [0, 0.1) is 0 Å². The highest BCUT2D eigenvalue weighted by Gasteiger charge is 2.29. The number of hydrogen-bond donors (Lipinski definition) is 1. The van der Waals surface area contributed by atoms with Gasteiger partial charge in [0.15, 0.2) is 0 Å². The SMILES string of the molecule is CC1(C)Cc2cc(CNc3cc(Br)ccc3Cl)ccc2O1. The molecule has 0 unspecified atom stereocenters. The predicted molar refractivity (Wildman–Crippen MR) is 91.3 cm³/mol. The minimum atomic E-state index is -0.0953. The quantitative estimate of drug-likeness (QED) is 0.782. The first-order valence-corrected chi connectivity index (χ1v) is 8.10. The van der Waals surface area contributed by atoms with Crippen LogP contribution in [0.5, 0.6) is 5.75 Å². The Kier molecular flexibility index (Phi) is 3.89. The van der Waals surface area contributed by atoms with E-state index in [1.165, 1.54) is 11.1 Å². The summed E-state index contributed by atoms with van der Waals surface area (Å²) in [6, 6.07) is 12.2. The first-order valence-electron chi connectivity index (χ1n) is 6.93. The molecule has 1 N–H and O–H groups in total. The van der Waals surface area contributed by atoms with E-state index < -0.39 is 0 Å². The Hall–Kier alpha value is -1.19. The molecule has 1 aliphatic rings. The van der Waals surface area contributed by atoms with Crippen molar-refractivity contribution >= 4 is 33.2 Å². The van der Waals surface area contributed by atoms with Crippen molar-refractivity contribution in [2.45, 2.75) is 32.4 Å². The van der Waals surface area contributed by atoms with E-state index in [-0.39, 0.29) is 5.60 Å². The highest BCUT2D eigenvalue weighted by atomic mass is 79.9. The lowest BCUT2D eigenvalue weighted by Crippen LogP contribution is -2.24. The average molecular weight is 367 g/mol. The maximum atomic E-state index is 6.19. The largest absolute Gasteiger partial charge is 0.487 e. The van der Waals surface area contributed by atoms with Crippen molar-refractivity contribution in [3.63, 3.8) is 0 Å². The van der Waals surface area contributed by atoms with Gasteiger partial charge in [0.2, 0.25) is 0 Å². The summed E-state index contributed by atoms with van der Waals surface area (Å²) in [5, 5.41) is 4.10. The molecular formula is C17H17BrClNO. The molecule has 21 heavy (non-hydrogen) atoms. The average Bonchev–Trinajstić information content (AvgIpc) is 2.72. The third-order valence-corrected chi connectivity index (χ3v) is 4.36. The zero-order chi connectivity index (χ0) is 15.0. The fraction of sp³-hybridized carbons (Fsp3) is 0.294. The molecule has 0 amide bonds. The van der Waals surface area contributed by atoms with Gasteiger partial charge in [-0.3, -0.25) is 0 Å². The molecule has 0 saturated heterocycles. The Morgan fingerprint density at radius 1 is 1.24 bits per heavy atom. The summed E-state index contributed by atoms with van der Waals surface area (Å²) in [6.07, 6.45) is 0.952. The van der Waals surface area contributed by atoms with Crippen LogP contribution in [-0.2, 0) is 13.0 Å². The Balaban J connectivity index is 1.74. The van der Waals surface area contributed by atoms with Gasteiger partial charge in [-0.15, -0.1) is 0 Å². The lowest BCUT2D eigenvalue weighted by atomic mass is 10.0. The predicted octanol–water partition coefficient (Wildman–Crippen LogP) is 5.43. The number of benzene rings is 2. The first-order chi connectivity index (χ1) is 9.93. The number of fused-ring (bicyclic) bond motifs is 1. The van der Waals surface area contributed by atoms with E-state index in [2.05, 4.69) is 53.3 Å². The van der Waals surface area contributed by atoms with Crippen LogP contribution in [0.3, 0.4) is 0 Å². The second-order valence-electron chi connectivity index (χ2n) is 5.96. The molecule has 2 aromatic carbocycles. The van der Waals surface area contributed by atoms with Crippen LogP contribution < -0.4 is 10.1 Å². The lowest BCUT2D eigenvalue weighted by molar-refractivity contribution is 0.138. The minimum absolute atomic E-state index is 0.0953. The van der Waals surface area contributed by atoms with E-state index in [0.29, 0.717) is 0 Å². The topological polar surface area (TPSA) is 21.3 Å². The van der Waals surface area contributed by atoms with Gasteiger partial charge in [-0.1, -0.05) is 39.7 Å². The van der Waals surface area contributed by atoms with Gasteiger partial charge in [-0.25, -0.2) is 0 Å². The van der Waals surface area contributed by atoms with Crippen LogP contribution in [-0.4, -0.2) is 5.60 Å². The molecule has 2 nitrogen and oxygen atoms in total. The number of ether oxygens (including phenoxy) is 1. The van der Waals surface area contributed by atoms with Gasteiger partial charge in [-0.2, -0.15) is 0 Å². The third-order valence-electron chi connectivity index (χ3n) is 3.54. The van der Waals surface area contributed by atoms with Gasteiger partial charge in [0.25, 0.3) is 0 Å². The molecule has 3 rings (SSSR count). The molecule has 0 aliphatic carbocycles. The normalized spacial score (nSPS) is 15.4. The van der Waals surface area contributed by atoms with Crippen molar-refractivity contribution in [3.05, 3.63) is 57.0 Å². The molecule has 0 saturated carbocycles. The molecule has 1 heterocycles. The van der Waals surface area contributed by atoms with E-state index >= 15 is 0 Å². The Morgan fingerprint density at radius 3 is 2.86 bits per heavy atom. The Morgan fingerprint density at radius 2 is 2.05 bits per heavy atom. The Bertz CT molecular complexity index is 684. The molecule has 0 aromatic heterocycles. The number of halogens is 2. The molecule has 0 fully saturated rings. The van der Waals surface area contributed by atoms with E-state index in [0.717, 1.165) is 33.9 Å². The van der Waals surface area contributed by atoms with Gasteiger partial charge >= 0.3 is 0 Å². The van der Waals surface area contributed by atoms with Crippen molar-refractivity contribution in [3.8, 4) is 5.75 Å². The molecule has 0 atom stereocenters. The van der Waals surface area contributed by atoms with E-state index in [9.17, 15) is 0 Å². The monoisotopic (exact) mass is 365 g/mol. The van der Waals surface area contributed by atoms with Crippen molar-refractivity contribution in [1.29, 1.82) is 0 Å². The van der Waals surface area contributed by atoms with Gasteiger partial charge in [0.1, 0.15) is 11.4 Å². The first kappa shape index (κ1) is 14.7. The molecule has 0 bridgehead atoms. The van der Waals surface area contributed by atoms with E-state index in [4.69, 9.17) is 16.3 Å². The van der Waals surface area contributed by atoms with Crippen molar-refractivity contribution in [2.24, 2.45) is 0 Å². The third kappa shape index (κ3) is 3.35. The van der Waals surface area contributed by atoms with E-state index in [1.54, 1.807) is 0 Å². The van der Waals surface area contributed by atoms with E-state index in [1.807, 2.05) is 18.2 Å². The van der Waals surface area contributed by atoms with Gasteiger partial charge in [0, 0.05) is 17.4 Å². The van der Waals surface area contributed by atoms with Gasteiger partial charge < -0.3 is 10.1 Å². The van der Waals surface area contributed by atoms with Crippen LogP contribution >= 0.6 is 27.5 Å². The standard InChI is InChI=1S/C17H17BrClNO/c1-17(2)9-12-7-11(3-6-16(12)21-17)10-20-15-8-13(18)4-5-14(15)19/h3-8,20H,9-10H2,1-2H3. The summed E-state index contributed by atoms with van der Waals surface area (Å²) in [5.74, 6) is 1.00. The summed E-state index contributed by atoms with van der Waals surface area (Å²) < 4.78 is 6.91. The van der Waals surface area contributed by atoms with Crippen LogP contribution in [0.15, 0.2) is 40.9 Å². The fourth-order valence-corrected chi connectivity index (χ4v) is 3.15. The number of rotatable bonds is 3. The number of anilines is 1. The highest BCUT2D eigenvalue weighted by Crippen LogP contribution is 2.35. The molecule has 1 aliphatic heterocycles. The summed E-state index contributed by atoms with van der Waals surface area (Å²) in [7, 11) is 0. The van der Waals surface area contributed by atoms with Crippen molar-refractivity contribution in [2.75, 3.05) is 5.32 Å². The highest BCUT2D eigenvalue weighted by molar-refractivity contribution is 9.10. The minimum Gasteiger partial charge on any atom is -0.487 e. The summed E-state index contributed by atoms with van der Waals surface area (Å²) in [6.45, 7) is 4.97. The summed E-state index contributed by atoms with van der Waals surface area (Å²) in [5.41, 5.74) is 3.34. The molecule has 0 radical (unpaired) electrons. The molecule has 110 valence electrons. The second-order valence-corrected chi connectivity index (χ2v) is 7.28. The maximum absolute atomic E-state index is 6.19. The van der Waals surface area contributed by atoms with Crippen molar-refractivity contribution in [1.82, 2.24) is 0 Å². The number of nitrogens with one attached hydrogen (secondary N) is 1. The van der Waals surface area contributed by atoms with Gasteiger partial charge in [0.05, 0.1) is 10.7 Å². The second kappa shape index (κ2) is 5.54. The molecular weight excluding hydrogens is 350 g/mol. The Labute approximate surface area is 138 Å². The maximum Gasteiger partial charge on any atom is 0.123 e. The molecule has 2 aromatic rings. The van der Waals surface area contributed by atoms with Crippen molar-refractivity contribution < 1.29 is 4.74 Å². The van der Waals surface area contributed by atoms with Crippen LogP contribution in [0.1, 0.15) is 25.0 Å². The molecule has 0 spiro atoms. The number of hydrogen-bond acceptors (Lipinski definition) is 2. The molecule has 4 heteroatoms. The smallest absolute Gasteiger partial charge is 0.123 e. The zero-order valence-electron chi connectivity index (χ0n) is 12.0. The zero-order valence-corrected chi connectivity index (χ0v) is 14.4. The fourth-order valence-electron chi connectivity index (χ4n) is 2.60. The van der Waals surface area contributed by atoms with Crippen LogP contribution in [0.2, 0.25) is 5.02 Å². The summed E-state index contributed by atoms with van der Waals surface area (Å²) in [4.78, 5) is 0. The lowest BCUT2D eigenvalue weighted by Gasteiger charge is -2.16. The summed E-state index contributed by atoms with van der Waals surface area (Å²) >= 11 is 9.65. The van der Waals surface area contributed by atoms with Gasteiger partial charge in [-0.05, 0) is 49.2 Å².